The maximum Gasteiger partial charge on any atom is 0.329 e. The summed E-state index contributed by atoms with van der Waals surface area (Å²) in [5.74, 6) is -14.4. The van der Waals surface area contributed by atoms with Crippen LogP contribution in [0.3, 0.4) is 0 Å². The van der Waals surface area contributed by atoms with Crippen LogP contribution in [0.4, 0.5) is 0 Å². The van der Waals surface area contributed by atoms with Gasteiger partial charge in [0.05, 0.1) is 66.4 Å². The first-order valence-corrected chi connectivity index (χ1v) is 48.5. The molecule has 9 rings (SSSR count). The highest BCUT2D eigenvalue weighted by atomic mass is 35.5. The second-order valence-electron chi connectivity index (χ2n) is 39.5. The summed E-state index contributed by atoms with van der Waals surface area (Å²) in [6.45, 7) is 30.6. The van der Waals surface area contributed by atoms with Gasteiger partial charge >= 0.3 is 11.9 Å². The molecule has 0 spiro atoms. The minimum absolute atomic E-state index is 0.00988. The van der Waals surface area contributed by atoms with Gasteiger partial charge in [0.15, 0.2) is 0 Å². The molecule has 0 aromatic heterocycles. The maximum absolute atomic E-state index is 14.3. The van der Waals surface area contributed by atoms with Crippen molar-refractivity contribution in [1.82, 2.24) is 9.80 Å². The van der Waals surface area contributed by atoms with Crippen molar-refractivity contribution in [2.24, 2.45) is 76.9 Å². The zero-order chi connectivity index (χ0) is 95.8. The van der Waals surface area contributed by atoms with Crippen LogP contribution in [-0.2, 0) is 90.5 Å². The Kier molecular flexibility index (Phi) is 44.4. The molecule has 3 aliphatic carbocycles. The lowest BCUT2D eigenvalue weighted by molar-refractivity contribution is -0.302. The molecule has 4 bridgehead atoms. The number of hydrogen-bond donors (Lipinski definition) is 6. The first-order chi connectivity index (χ1) is 61.0. The number of carbonyl (C=O) groups is 9. The van der Waals surface area contributed by atoms with Crippen LogP contribution in [-0.4, -0.2) is 263 Å². The Morgan fingerprint density at radius 3 is 1.38 bits per heavy atom. The number of carbonyl (C=O) groups excluding carboxylic acids is 9. The normalized spacial score (nSPS) is 39.9. The number of aliphatic hydroxyl groups excluding tert-OH is 4. The molecule has 2 amide bonds. The van der Waals surface area contributed by atoms with Crippen LogP contribution in [0.5, 0.6) is 0 Å². The smallest absolute Gasteiger partial charge is 0.329 e. The van der Waals surface area contributed by atoms with Crippen LogP contribution in [0.2, 0.25) is 0 Å². The van der Waals surface area contributed by atoms with E-state index in [1.807, 2.05) is 85.8 Å². The van der Waals surface area contributed by atoms with Gasteiger partial charge in [-0.1, -0.05) is 116 Å². The summed E-state index contributed by atoms with van der Waals surface area (Å²) < 4.78 is 59.6. The highest BCUT2D eigenvalue weighted by molar-refractivity contribution is 6.39. The summed E-state index contributed by atoms with van der Waals surface area (Å²) in [5.41, 5.74) is 3.32. The number of esters is 2. The van der Waals surface area contributed by atoms with Gasteiger partial charge in [-0.25, -0.2) is 9.59 Å². The number of ketones is 5. The van der Waals surface area contributed by atoms with Gasteiger partial charge in [0.1, 0.15) is 53.8 Å². The standard InChI is InChI=1S/C44H69NO12.C43H68ClNO11.C14H24O2/c1-10-13-31-19-25(2)18-26(3)20-37(54-8)40-38(55-9)22-28(5)44(52,57-40)41(49)42(50)45-17-12-11-14-32(45)43(51)56-39(29(6)34(47)24-35(31)48)27(4)21-30-15-16-33(46)36(23-30)53-7;1-10-30-18-24(2)17-25(3)19-36(53-8)39-37(54-9)21-27(5)43(51,56-39)40(48)41(49)45-16-12-11-13-32(45)42(50)55-38(28(6)33(46)23-34(30)47)26(4)20-29-14-15-31(44)35(22-29)52-7;1-4-5-7-11(3)14(16)13-10(2)8-6-9-12(13)15/h10,19,21,26,28-34,36-40,46-47,52H,1,11-18,20,22-24H2,2-9H3;18,20,25,27-33,35-39,46,51H,10-17,19,21-23H2,1-9H3;4-5,10-11,13-14,16H,6-9H2,1-3H3/b25-19+,27-21+;24-18+,26-20+;5-4+/t26-,28+,29+,30-,31+,32-,33+,34-,36+,37-,38-,39+,40+,44+;25-,27+,28+,29-,30+,31-,32-,33-,35+,36-,37-,38+,39+,43+;/m00./s1. The summed E-state index contributed by atoms with van der Waals surface area (Å²) in [7, 11) is 9.32. The number of cyclic esters (lactones) is 2. The van der Waals surface area contributed by atoms with Crippen LogP contribution in [0, 0.1) is 76.9 Å². The molecule has 732 valence electrons. The fraction of sp³-hybridized carbons (Fsp3) is 0.792. The van der Waals surface area contributed by atoms with Gasteiger partial charge in [0, 0.05) is 116 Å². The number of allylic oxidation sites excluding steroid dienone is 9. The molecule has 28 heteroatoms. The second-order valence-corrected chi connectivity index (χ2v) is 40.1. The SMILES string of the molecule is C/C=C/CC(C)C(O)C1C(=O)CCCC1C.C=CC[C@@H]1/C=C(\C)C[C@H](C)C[C@H](OC)[C@H]2O[C@@](O)(C(=O)C(=O)N3CCCC[C@H]3C(=O)O[C@H](/C(C)=C/[C@@H]3CC[C@@H](O)[C@H](OC)C3)[C@H](C)[C@@H](O)CC1=O)[C@H](C)C[C@@H]2OC.CC[C@@H]1/C=C(\C)C[C@H](C)C[C@H](OC)[C@H]2O[C@@](O)(C(=O)C(=O)N3CCCC[C@H]3C(=O)O[C@H](/C(C)=C/[C@@H]3CC[C@H](Cl)[C@H](OC)C3)[C@H](C)[C@@H](O)CC1=O)[C@H](C)C[C@@H]2OC. The zero-order valence-corrected chi connectivity index (χ0v) is 81.8. The number of rotatable bonds is 17. The van der Waals surface area contributed by atoms with Crippen LogP contribution in [0.1, 0.15) is 264 Å². The van der Waals surface area contributed by atoms with E-state index in [0.717, 1.165) is 43.3 Å². The van der Waals surface area contributed by atoms with E-state index in [4.69, 9.17) is 59.0 Å². The molecule has 6 heterocycles. The lowest BCUT2D eigenvalue weighted by Crippen LogP contribution is -2.64. The topological polar surface area (TPSA) is 374 Å². The van der Waals surface area contributed by atoms with E-state index in [-0.39, 0.29) is 122 Å². The molecule has 4 unspecified atom stereocenters. The average Bonchev–Trinajstić information content (AvgIpc) is 0.795. The van der Waals surface area contributed by atoms with E-state index in [0.29, 0.717) is 113 Å². The quantitative estimate of drug-likeness (QED) is 0.0341. The third kappa shape index (κ3) is 29.0. The third-order valence-corrected chi connectivity index (χ3v) is 30.0. The van der Waals surface area contributed by atoms with Crippen LogP contribution < -0.4 is 0 Å². The summed E-state index contributed by atoms with van der Waals surface area (Å²) >= 11 is 6.52. The van der Waals surface area contributed by atoms with Crippen LogP contribution in [0.25, 0.3) is 0 Å². The molecule has 27 nitrogen and oxygen atoms in total. The molecule has 9 aliphatic rings. The number of nitrogens with zero attached hydrogens (tertiary/aromatic N) is 2. The van der Waals surface area contributed by atoms with E-state index in [2.05, 4.69) is 26.5 Å². The minimum atomic E-state index is -2.51. The lowest BCUT2D eigenvalue weighted by Gasteiger charge is -2.47. The average molecular weight is 1840 g/mol. The number of Topliss-reactive ketones (excluding diaryl/α,β-unsaturated/α-hetero) is 5. The van der Waals surface area contributed by atoms with E-state index in [1.165, 1.54) is 38.2 Å². The van der Waals surface area contributed by atoms with Crippen LogP contribution in [0.15, 0.2) is 71.4 Å². The van der Waals surface area contributed by atoms with E-state index >= 15 is 0 Å². The number of methoxy groups -OCH3 is 6. The van der Waals surface area contributed by atoms with Crippen molar-refractivity contribution < 1.29 is 121 Å². The van der Waals surface area contributed by atoms with Crippen molar-refractivity contribution in [2.75, 3.05) is 55.7 Å². The highest BCUT2D eigenvalue weighted by Gasteiger charge is 2.59. The van der Waals surface area contributed by atoms with E-state index < -0.39 is 168 Å². The van der Waals surface area contributed by atoms with Crippen molar-refractivity contribution in [1.29, 1.82) is 0 Å². The second kappa shape index (κ2) is 51.9. The molecule has 3 saturated carbocycles. The summed E-state index contributed by atoms with van der Waals surface area (Å²) in [4.78, 5) is 127. The number of hydrogen-bond acceptors (Lipinski definition) is 25. The van der Waals surface area contributed by atoms with Gasteiger partial charge in [-0.05, 0) is 229 Å². The fourth-order valence-corrected chi connectivity index (χ4v) is 21.8. The lowest BCUT2D eigenvalue weighted by atomic mass is 9.73. The van der Waals surface area contributed by atoms with Gasteiger partial charge in [0.2, 0.25) is 11.6 Å². The van der Waals surface area contributed by atoms with E-state index in [1.54, 1.807) is 48.0 Å². The predicted octanol–water partition coefficient (Wildman–Crippen LogP) is 13.3. The molecule has 32 atom stereocenters. The van der Waals surface area contributed by atoms with E-state index in [9.17, 15) is 73.8 Å². The summed E-state index contributed by atoms with van der Waals surface area (Å²) in [6, 6.07) is -2.26. The van der Waals surface area contributed by atoms with Crippen molar-refractivity contribution >= 4 is 64.3 Å². The van der Waals surface area contributed by atoms with Gasteiger partial charge in [0.25, 0.3) is 23.4 Å². The molecule has 0 aromatic carbocycles. The molecular weight excluding hydrogens is 1680 g/mol. The van der Waals surface area contributed by atoms with Crippen molar-refractivity contribution in [3.05, 3.63) is 71.4 Å². The van der Waals surface area contributed by atoms with Gasteiger partial charge in [-0.3, -0.25) is 33.6 Å². The number of amides is 2. The monoisotopic (exact) mass is 1840 g/mol. The van der Waals surface area contributed by atoms with Gasteiger partial charge in [-0.2, -0.15) is 0 Å². The number of ether oxygens (including phenoxy) is 10. The zero-order valence-electron chi connectivity index (χ0n) is 81.1. The molecule has 7 fully saturated rings. The van der Waals surface area contributed by atoms with Crippen LogP contribution >= 0.6 is 11.6 Å². The largest absolute Gasteiger partial charge is 0.456 e. The Morgan fingerprint density at radius 1 is 0.543 bits per heavy atom. The van der Waals surface area contributed by atoms with Crippen molar-refractivity contribution in [2.45, 2.75) is 378 Å². The number of fused-ring (bicyclic) bond motifs is 6. The number of alkyl halides is 1. The molecule has 6 aliphatic heterocycles. The maximum atomic E-state index is 14.3. The fourth-order valence-electron chi connectivity index (χ4n) is 21.4. The Labute approximate surface area is 773 Å². The summed E-state index contributed by atoms with van der Waals surface area (Å²) in [5, 5.41) is 68.0. The molecule has 4 saturated heterocycles. The molecule has 0 radical (unpaired) electrons. The van der Waals surface area contributed by atoms with Crippen molar-refractivity contribution in [3.8, 4) is 0 Å². The third-order valence-electron chi connectivity index (χ3n) is 29.5. The molecule has 0 aromatic rings. The highest BCUT2D eigenvalue weighted by Crippen LogP contribution is 2.44. The minimum Gasteiger partial charge on any atom is -0.456 e. The number of piperidine rings is 2. The Balaban J connectivity index is 0.000000301. The number of halogens is 1. The van der Waals surface area contributed by atoms with Crippen molar-refractivity contribution in [3.63, 3.8) is 0 Å². The molecular formula is C101H161ClN2O25. The number of aliphatic hydroxyl groups is 6. The van der Waals surface area contributed by atoms with Gasteiger partial charge < -0.3 is 87.8 Å². The first-order valence-electron chi connectivity index (χ1n) is 48.0. The first kappa shape index (κ1) is 110. The Morgan fingerprint density at radius 2 is 0.961 bits per heavy atom. The van der Waals surface area contributed by atoms with Gasteiger partial charge in [-0.15, -0.1) is 18.2 Å². The molecule has 129 heavy (non-hydrogen) atoms. The summed E-state index contributed by atoms with van der Waals surface area (Å²) in [6.07, 6.45) is 17.3. The molecule has 6 N–H and O–H groups in total. The predicted molar refractivity (Wildman–Crippen MR) is 490 cm³/mol. The Hall–Kier alpha value is -5.60. The Bertz CT molecular complexity index is 3840.